The quantitative estimate of drug-likeness (QED) is 0.888. The Bertz CT molecular complexity index is 807. The third-order valence-corrected chi connectivity index (χ3v) is 5.03. The molecule has 2 heterocycles. The first-order chi connectivity index (χ1) is 12.6. The molecule has 27 heavy (non-hydrogen) atoms. The van der Waals surface area contributed by atoms with Gasteiger partial charge in [-0.25, -0.2) is 4.68 Å². The maximum Gasteiger partial charge on any atom is 0.426 e. The molecule has 1 aliphatic rings. The lowest BCUT2D eigenvalue weighted by Crippen LogP contribution is -2.57. The Balaban J connectivity index is 1.75. The van der Waals surface area contributed by atoms with Gasteiger partial charge in [0.05, 0.1) is 11.4 Å². The van der Waals surface area contributed by atoms with Crippen molar-refractivity contribution < 1.29 is 23.1 Å². The fourth-order valence-electron chi connectivity index (χ4n) is 3.39. The molecule has 1 fully saturated rings. The monoisotopic (exact) mass is 381 g/mol. The van der Waals surface area contributed by atoms with Crippen molar-refractivity contribution in [2.24, 2.45) is 0 Å². The normalized spacial score (nSPS) is 18.4. The second kappa shape index (κ2) is 6.99. The fraction of sp³-hybridized carbons (Fsp3) is 0.474. The number of benzene rings is 1. The lowest BCUT2D eigenvalue weighted by molar-refractivity contribution is -0.250. The summed E-state index contributed by atoms with van der Waals surface area (Å²) < 4.78 is 40.6. The second-order valence-electron chi connectivity index (χ2n) is 7.09. The minimum absolute atomic E-state index is 0.0753. The number of aromatic nitrogens is 2. The number of piperidine rings is 1. The number of likely N-dealkylation sites (tertiary alicyclic amines) is 1. The van der Waals surface area contributed by atoms with Crippen molar-refractivity contribution in [2.45, 2.75) is 44.4 Å². The molecular weight excluding hydrogens is 359 g/mol. The van der Waals surface area contributed by atoms with Gasteiger partial charge in [0.15, 0.2) is 0 Å². The molecule has 1 atom stereocenters. The van der Waals surface area contributed by atoms with Crippen LogP contribution >= 0.6 is 0 Å². The molecule has 0 unspecified atom stereocenters. The van der Waals surface area contributed by atoms with Crippen molar-refractivity contribution in [3.05, 3.63) is 47.8 Å². The van der Waals surface area contributed by atoms with E-state index >= 15 is 0 Å². The molecule has 3 rings (SSSR count). The van der Waals surface area contributed by atoms with Crippen molar-refractivity contribution in [3.8, 4) is 5.69 Å². The molecule has 8 heteroatoms. The lowest BCUT2D eigenvalue weighted by Gasteiger charge is -2.36. The van der Waals surface area contributed by atoms with E-state index in [1.165, 1.54) is 0 Å². The third-order valence-electron chi connectivity index (χ3n) is 5.03. The maximum atomic E-state index is 12.9. The fourth-order valence-corrected chi connectivity index (χ4v) is 3.39. The molecule has 146 valence electrons. The Morgan fingerprint density at radius 2 is 1.78 bits per heavy atom. The summed E-state index contributed by atoms with van der Waals surface area (Å²) in [6.45, 7) is 2.72. The van der Waals surface area contributed by atoms with Crippen molar-refractivity contribution in [3.63, 3.8) is 0 Å². The van der Waals surface area contributed by atoms with Gasteiger partial charge in [-0.3, -0.25) is 4.79 Å². The Labute approximate surface area is 155 Å². The Kier molecular flexibility index (Phi) is 5.03. The van der Waals surface area contributed by atoms with Gasteiger partial charge in [0.25, 0.3) is 5.91 Å². The van der Waals surface area contributed by atoms with E-state index in [1.807, 2.05) is 48.0 Å². The number of nitrogens with zero attached hydrogens (tertiary/aromatic N) is 3. The zero-order valence-electron chi connectivity index (χ0n) is 15.2. The molecule has 0 spiro atoms. The van der Waals surface area contributed by atoms with Crippen molar-refractivity contribution in [1.29, 1.82) is 0 Å². The standard InChI is InChI=1S/C19H22F3N3O2/c1-13-12-16(25(23-13)15-6-4-3-5-7-15)14-8-10-24(11-9-14)17(26)18(2,27)19(20,21)22/h3-7,12,14,27H,8-11H2,1-2H3/t18-/m1/s1. The van der Waals surface area contributed by atoms with Gasteiger partial charge in [-0.1, -0.05) is 18.2 Å². The zero-order chi connectivity index (χ0) is 19.8. The summed E-state index contributed by atoms with van der Waals surface area (Å²) >= 11 is 0. The van der Waals surface area contributed by atoms with Crippen molar-refractivity contribution >= 4 is 5.91 Å². The third kappa shape index (κ3) is 3.71. The molecule has 0 radical (unpaired) electrons. The second-order valence-corrected chi connectivity index (χ2v) is 7.09. The first-order valence-electron chi connectivity index (χ1n) is 8.81. The van der Waals surface area contributed by atoms with Gasteiger partial charge in [-0.05, 0) is 44.9 Å². The lowest BCUT2D eigenvalue weighted by atomic mass is 9.91. The molecule has 1 N–H and O–H groups in total. The largest absolute Gasteiger partial charge is 0.426 e. The molecule has 1 aromatic heterocycles. The minimum atomic E-state index is -5.00. The molecule has 0 aliphatic carbocycles. The number of hydrogen-bond acceptors (Lipinski definition) is 3. The van der Waals surface area contributed by atoms with E-state index in [4.69, 9.17) is 0 Å². The van der Waals surface area contributed by atoms with Crippen LogP contribution < -0.4 is 0 Å². The van der Waals surface area contributed by atoms with Crippen LogP contribution in [0, 0.1) is 6.92 Å². The first kappa shape index (κ1) is 19.4. The topological polar surface area (TPSA) is 58.4 Å². The number of hydrogen-bond donors (Lipinski definition) is 1. The van der Waals surface area contributed by atoms with Crippen LogP contribution in [0.15, 0.2) is 36.4 Å². The summed E-state index contributed by atoms with van der Waals surface area (Å²) in [7, 11) is 0. The Hall–Kier alpha value is -2.35. The van der Waals surface area contributed by atoms with Gasteiger partial charge in [0.2, 0.25) is 5.60 Å². The smallest absolute Gasteiger partial charge is 0.373 e. The number of rotatable bonds is 3. The van der Waals surface area contributed by atoms with E-state index in [0.29, 0.717) is 19.8 Å². The van der Waals surface area contributed by atoms with E-state index in [0.717, 1.165) is 22.0 Å². The van der Waals surface area contributed by atoms with Gasteiger partial charge in [0.1, 0.15) is 0 Å². The minimum Gasteiger partial charge on any atom is -0.373 e. The Morgan fingerprint density at radius 3 is 2.33 bits per heavy atom. The molecule has 2 aromatic rings. The summed E-state index contributed by atoms with van der Waals surface area (Å²) in [6.07, 6.45) is -3.97. The van der Waals surface area contributed by atoms with E-state index in [1.54, 1.807) is 0 Å². The van der Waals surface area contributed by atoms with E-state index in [2.05, 4.69) is 5.10 Å². The number of carbonyl (C=O) groups is 1. The summed E-state index contributed by atoms with van der Waals surface area (Å²) in [5, 5.41) is 14.1. The highest BCUT2D eigenvalue weighted by Gasteiger charge is 2.57. The zero-order valence-corrected chi connectivity index (χ0v) is 15.2. The van der Waals surface area contributed by atoms with Crippen LogP contribution in [-0.2, 0) is 4.79 Å². The van der Waals surface area contributed by atoms with Crippen LogP contribution in [-0.4, -0.2) is 50.6 Å². The first-order valence-corrected chi connectivity index (χ1v) is 8.81. The van der Waals surface area contributed by atoms with E-state index in [-0.39, 0.29) is 19.0 Å². The molecular formula is C19H22F3N3O2. The van der Waals surface area contributed by atoms with Gasteiger partial charge in [-0.2, -0.15) is 18.3 Å². The van der Waals surface area contributed by atoms with Crippen LogP contribution in [0.2, 0.25) is 0 Å². The van der Waals surface area contributed by atoms with Gasteiger partial charge < -0.3 is 10.0 Å². The summed E-state index contributed by atoms with van der Waals surface area (Å²) in [4.78, 5) is 13.2. The average Bonchev–Trinajstić information content (AvgIpc) is 3.03. The van der Waals surface area contributed by atoms with E-state index in [9.17, 15) is 23.1 Å². The number of aliphatic hydroxyl groups is 1. The number of aryl methyl sites for hydroxylation is 1. The van der Waals surface area contributed by atoms with Gasteiger partial charge >= 0.3 is 6.18 Å². The van der Waals surface area contributed by atoms with Crippen LogP contribution in [0.1, 0.15) is 37.1 Å². The summed E-state index contributed by atoms with van der Waals surface area (Å²) in [5.74, 6) is -1.22. The molecule has 1 aliphatic heterocycles. The number of carbonyl (C=O) groups excluding carboxylic acids is 1. The highest BCUT2D eigenvalue weighted by Crippen LogP contribution is 2.35. The molecule has 1 aromatic carbocycles. The summed E-state index contributed by atoms with van der Waals surface area (Å²) in [6, 6.07) is 11.6. The van der Waals surface area contributed by atoms with E-state index < -0.39 is 17.7 Å². The van der Waals surface area contributed by atoms with Crippen LogP contribution in [0.4, 0.5) is 13.2 Å². The number of alkyl halides is 3. The van der Waals surface area contributed by atoms with Gasteiger partial charge in [0, 0.05) is 24.7 Å². The summed E-state index contributed by atoms with van der Waals surface area (Å²) in [5.41, 5.74) is -0.609. The Morgan fingerprint density at radius 1 is 1.19 bits per heavy atom. The number of amides is 1. The van der Waals surface area contributed by atoms with Crippen molar-refractivity contribution in [1.82, 2.24) is 14.7 Å². The predicted octanol–water partition coefficient (Wildman–Crippen LogP) is 3.20. The number of para-hydroxylation sites is 1. The number of halogens is 3. The molecule has 0 bridgehead atoms. The molecule has 1 amide bonds. The molecule has 1 saturated heterocycles. The maximum absolute atomic E-state index is 12.9. The van der Waals surface area contributed by atoms with Crippen LogP contribution in [0.5, 0.6) is 0 Å². The SMILES string of the molecule is Cc1cc(C2CCN(C(=O)[C@@](C)(O)C(F)(F)F)CC2)n(-c2ccccc2)n1. The van der Waals surface area contributed by atoms with Gasteiger partial charge in [-0.15, -0.1) is 0 Å². The highest BCUT2D eigenvalue weighted by molar-refractivity contribution is 5.85. The van der Waals surface area contributed by atoms with Crippen LogP contribution in [0.25, 0.3) is 5.69 Å². The van der Waals surface area contributed by atoms with Crippen molar-refractivity contribution in [2.75, 3.05) is 13.1 Å². The molecule has 5 nitrogen and oxygen atoms in total. The highest BCUT2D eigenvalue weighted by atomic mass is 19.4. The molecule has 0 saturated carbocycles. The van der Waals surface area contributed by atoms with Crippen LogP contribution in [0.3, 0.4) is 0 Å². The predicted molar refractivity (Wildman–Crippen MR) is 93.5 cm³/mol. The average molecular weight is 381 g/mol.